The van der Waals surface area contributed by atoms with Crippen LogP contribution in [-0.2, 0) is 0 Å². The molecule has 1 aromatic carbocycles. The van der Waals surface area contributed by atoms with Gasteiger partial charge in [-0.2, -0.15) is 0 Å². The van der Waals surface area contributed by atoms with Crippen LogP contribution in [0.25, 0.3) is 0 Å². The molecule has 2 N–H and O–H groups in total. The van der Waals surface area contributed by atoms with Crippen LogP contribution in [0, 0.1) is 6.92 Å². The van der Waals surface area contributed by atoms with Crippen molar-refractivity contribution in [3.8, 4) is 5.75 Å². The molecule has 0 bridgehead atoms. The number of rotatable bonds is 7. The topological polar surface area (TPSA) is 32.3 Å². The van der Waals surface area contributed by atoms with E-state index in [4.69, 9.17) is 0 Å². The molecule has 3 atom stereocenters. The van der Waals surface area contributed by atoms with Gasteiger partial charge in [0.15, 0.2) is 0 Å². The van der Waals surface area contributed by atoms with E-state index in [2.05, 4.69) is 33.0 Å². The van der Waals surface area contributed by atoms with Crippen molar-refractivity contribution in [3.05, 3.63) is 28.8 Å². The highest BCUT2D eigenvalue weighted by molar-refractivity contribution is 5.50. The molecule has 0 saturated carbocycles. The first-order chi connectivity index (χ1) is 10.0. The summed E-state index contributed by atoms with van der Waals surface area (Å²) < 4.78 is 0. The Balaban J connectivity index is 1.99. The molecule has 0 saturated heterocycles. The number of benzene rings is 1. The Morgan fingerprint density at radius 1 is 1.24 bits per heavy atom. The molecule has 1 aliphatic carbocycles. The van der Waals surface area contributed by atoms with Crippen molar-refractivity contribution >= 4 is 0 Å². The highest BCUT2D eigenvalue weighted by Crippen LogP contribution is 2.46. The lowest BCUT2D eigenvalue weighted by atomic mass is 9.97. The van der Waals surface area contributed by atoms with Crippen molar-refractivity contribution in [2.75, 3.05) is 0 Å². The second-order valence-electron chi connectivity index (χ2n) is 6.84. The third-order valence-electron chi connectivity index (χ3n) is 4.89. The molecule has 0 aromatic heterocycles. The van der Waals surface area contributed by atoms with Crippen LogP contribution < -0.4 is 5.32 Å². The van der Waals surface area contributed by atoms with Gasteiger partial charge in [-0.3, -0.25) is 0 Å². The summed E-state index contributed by atoms with van der Waals surface area (Å²) in [6, 6.07) is 4.73. The van der Waals surface area contributed by atoms with Gasteiger partial charge in [-0.05, 0) is 49.8 Å². The van der Waals surface area contributed by atoms with Gasteiger partial charge in [-0.15, -0.1) is 0 Å². The predicted octanol–water partition coefficient (Wildman–Crippen LogP) is 5.20. The smallest absolute Gasteiger partial charge is 0.120 e. The molecule has 118 valence electrons. The summed E-state index contributed by atoms with van der Waals surface area (Å²) in [5.41, 5.74) is 3.84. The summed E-state index contributed by atoms with van der Waals surface area (Å²) in [5.74, 6) is 1.01. The van der Waals surface area contributed by atoms with Crippen LogP contribution in [0.4, 0.5) is 0 Å². The number of unbranched alkanes of at least 4 members (excludes halogenated alkanes) is 3. The molecule has 0 aliphatic heterocycles. The lowest BCUT2D eigenvalue weighted by Gasteiger charge is -2.21. The van der Waals surface area contributed by atoms with E-state index >= 15 is 0 Å². The fraction of sp³-hybridized carbons (Fsp3) is 0.684. The van der Waals surface area contributed by atoms with Crippen LogP contribution in [-0.4, -0.2) is 11.1 Å². The van der Waals surface area contributed by atoms with Crippen molar-refractivity contribution in [1.82, 2.24) is 5.32 Å². The molecule has 1 aromatic rings. The van der Waals surface area contributed by atoms with E-state index in [1.165, 1.54) is 43.2 Å². The summed E-state index contributed by atoms with van der Waals surface area (Å²) in [6.07, 6.45) is 7.61. The molecule has 3 unspecified atom stereocenters. The zero-order valence-corrected chi connectivity index (χ0v) is 14.1. The monoisotopic (exact) mass is 289 g/mol. The van der Waals surface area contributed by atoms with E-state index in [0.29, 0.717) is 23.8 Å². The molecule has 21 heavy (non-hydrogen) atoms. The van der Waals surface area contributed by atoms with Crippen molar-refractivity contribution in [2.24, 2.45) is 0 Å². The Hall–Kier alpha value is -1.02. The first-order valence-corrected chi connectivity index (χ1v) is 8.63. The largest absolute Gasteiger partial charge is 0.508 e. The average Bonchev–Trinajstić information content (AvgIpc) is 2.77. The SMILES string of the molecule is CCCCCCC(C)NC1CC(C)c2c(C)ccc(O)c21. The second-order valence-corrected chi connectivity index (χ2v) is 6.84. The molecule has 0 radical (unpaired) electrons. The number of aromatic hydroxyl groups is 1. The van der Waals surface area contributed by atoms with Crippen molar-refractivity contribution in [3.63, 3.8) is 0 Å². The maximum Gasteiger partial charge on any atom is 0.120 e. The van der Waals surface area contributed by atoms with Gasteiger partial charge < -0.3 is 10.4 Å². The van der Waals surface area contributed by atoms with Gasteiger partial charge in [0.05, 0.1) is 0 Å². The molecular weight excluding hydrogens is 258 g/mol. The standard InChI is InChI=1S/C19H31NO/c1-5-6-7-8-9-15(4)20-16-12-14(3)18-13(2)10-11-17(21)19(16)18/h10-11,14-16,20-21H,5-9,12H2,1-4H3. The Morgan fingerprint density at radius 2 is 2.00 bits per heavy atom. The van der Waals surface area contributed by atoms with Gasteiger partial charge in [0.2, 0.25) is 0 Å². The first-order valence-electron chi connectivity index (χ1n) is 8.63. The number of fused-ring (bicyclic) bond motifs is 1. The van der Waals surface area contributed by atoms with Gasteiger partial charge in [0.25, 0.3) is 0 Å². The third kappa shape index (κ3) is 3.79. The van der Waals surface area contributed by atoms with Crippen molar-refractivity contribution in [2.45, 2.75) is 84.2 Å². The number of nitrogens with one attached hydrogen (secondary N) is 1. The maximum atomic E-state index is 10.3. The maximum absolute atomic E-state index is 10.3. The van der Waals surface area contributed by atoms with E-state index in [1.54, 1.807) is 0 Å². The number of phenolic OH excluding ortho intramolecular Hbond substituents is 1. The zero-order valence-electron chi connectivity index (χ0n) is 14.1. The van der Waals surface area contributed by atoms with Crippen LogP contribution in [0.15, 0.2) is 12.1 Å². The van der Waals surface area contributed by atoms with Gasteiger partial charge in [-0.25, -0.2) is 0 Å². The number of phenols is 1. The van der Waals surface area contributed by atoms with Crippen LogP contribution in [0.3, 0.4) is 0 Å². The summed E-state index contributed by atoms with van der Waals surface area (Å²) >= 11 is 0. The molecule has 2 heteroatoms. The molecule has 0 amide bonds. The van der Waals surface area contributed by atoms with Crippen molar-refractivity contribution in [1.29, 1.82) is 0 Å². The predicted molar refractivity (Wildman–Crippen MR) is 90.0 cm³/mol. The Kier molecular flexibility index (Phi) is 5.69. The first kappa shape index (κ1) is 16.4. The highest BCUT2D eigenvalue weighted by atomic mass is 16.3. The molecule has 2 rings (SSSR count). The number of hydrogen-bond acceptors (Lipinski definition) is 2. The molecule has 0 heterocycles. The fourth-order valence-corrected chi connectivity index (χ4v) is 3.80. The van der Waals surface area contributed by atoms with Crippen LogP contribution in [0.5, 0.6) is 5.75 Å². The van der Waals surface area contributed by atoms with E-state index in [0.717, 1.165) is 12.0 Å². The number of hydrogen-bond donors (Lipinski definition) is 2. The van der Waals surface area contributed by atoms with Crippen molar-refractivity contribution < 1.29 is 5.11 Å². The Bertz CT molecular complexity index is 469. The lowest BCUT2D eigenvalue weighted by Crippen LogP contribution is -2.29. The lowest BCUT2D eigenvalue weighted by molar-refractivity contribution is 0.397. The molecular formula is C19H31NO. The molecule has 2 nitrogen and oxygen atoms in total. The quantitative estimate of drug-likeness (QED) is 0.676. The van der Waals surface area contributed by atoms with Gasteiger partial charge in [0.1, 0.15) is 5.75 Å². The van der Waals surface area contributed by atoms with Gasteiger partial charge in [-0.1, -0.05) is 45.6 Å². The molecule has 1 aliphatic rings. The van der Waals surface area contributed by atoms with E-state index in [1.807, 2.05) is 12.1 Å². The molecule has 0 spiro atoms. The minimum absolute atomic E-state index is 0.316. The second kappa shape index (κ2) is 7.31. The number of aryl methyl sites for hydroxylation is 1. The van der Waals surface area contributed by atoms with Crippen LogP contribution in [0.2, 0.25) is 0 Å². The van der Waals surface area contributed by atoms with Crippen LogP contribution in [0.1, 0.15) is 87.9 Å². The highest BCUT2D eigenvalue weighted by Gasteiger charge is 2.32. The van der Waals surface area contributed by atoms with E-state index in [9.17, 15) is 5.11 Å². The van der Waals surface area contributed by atoms with Gasteiger partial charge in [0, 0.05) is 17.6 Å². The van der Waals surface area contributed by atoms with E-state index in [-0.39, 0.29) is 0 Å². The third-order valence-corrected chi connectivity index (χ3v) is 4.89. The Labute approximate surface area is 130 Å². The Morgan fingerprint density at radius 3 is 2.71 bits per heavy atom. The zero-order chi connectivity index (χ0) is 15.4. The van der Waals surface area contributed by atoms with Crippen LogP contribution >= 0.6 is 0 Å². The summed E-state index contributed by atoms with van der Waals surface area (Å²) in [7, 11) is 0. The van der Waals surface area contributed by atoms with Gasteiger partial charge >= 0.3 is 0 Å². The fourth-order valence-electron chi connectivity index (χ4n) is 3.80. The summed E-state index contributed by atoms with van der Waals surface area (Å²) in [5, 5.41) is 14.0. The summed E-state index contributed by atoms with van der Waals surface area (Å²) in [6.45, 7) is 8.97. The minimum Gasteiger partial charge on any atom is -0.508 e. The average molecular weight is 289 g/mol. The normalized spacial score (nSPS) is 22.3. The summed E-state index contributed by atoms with van der Waals surface area (Å²) in [4.78, 5) is 0. The minimum atomic E-state index is 0.316. The van der Waals surface area contributed by atoms with E-state index < -0.39 is 0 Å². The molecule has 0 fully saturated rings.